The van der Waals surface area contributed by atoms with E-state index in [-0.39, 0.29) is 16.7 Å². The Morgan fingerprint density at radius 2 is 2.25 bits per heavy atom. The van der Waals surface area contributed by atoms with Gasteiger partial charge in [0.05, 0.1) is 22.7 Å². The minimum absolute atomic E-state index is 0.0300. The van der Waals surface area contributed by atoms with E-state index in [1.807, 2.05) is 13.8 Å². The molecule has 0 spiro atoms. The molecule has 1 atom stereocenters. The number of aryl methyl sites for hydroxylation is 1. The third kappa shape index (κ3) is 2.70. The zero-order valence-electron chi connectivity index (χ0n) is 11.7. The lowest BCUT2D eigenvalue weighted by atomic mass is 10.1. The van der Waals surface area contributed by atoms with Crippen molar-refractivity contribution in [1.29, 1.82) is 0 Å². The Hall–Kier alpha value is -2.21. The fourth-order valence-corrected chi connectivity index (χ4v) is 2.11. The van der Waals surface area contributed by atoms with Crippen LogP contribution in [0.4, 0.5) is 5.69 Å². The predicted molar refractivity (Wildman–Crippen MR) is 75.4 cm³/mol. The van der Waals surface area contributed by atoms with Gasteiger partial charge in [-0.25, -0.2) is 4.98 Å². The lowest BCUT2D eigenvalue weighted by Gasteiger charge is -2.07. The van der Waals surface area contributed by atoms with Crippen molar-refractivity contribution in [3.8, 4) is 11.3 Å². The first-order chi connectivity index (χ1) is 9.54. The molecule has 0 fully saturated rings. The number of para-hydroxylation sites is 1. The highest BCUT2D eigenvalue weighted by molar-refractivity contribution is 5.71. The van der Waals surface area contributed by atoms with Crippen LogP contribution in [0.3, 0.4) is 0 Å². The zero-order valence-corrected chi connectivity index (χ0v) is 11.7. The van der Waals surface area contributed by atoms with Gasteiger partial charge in [0, 0.05) is 5.56 Å². The monoisotopic (exact) mass is 275 g/mol. The van der Waals surface area contributed by atoms with E-state index in [0.717, 1.165) is 6.54 Å². The molecule has 6 nitrogen and oxygen atoms in total. The average Bonchev–Trinajstić information content (AvgIpc) is 2.87. The van der Waals surface area contributed by atoms with Gasteiger partial charge in [0.1, 0.15) is 0 Å². The quantitative estimate of drug-likeness (QED) is 0.669. The van der Waals surface area contributed by atoms with Gasteiger partial charge >= 0.3 is 0 Å². The van der Waals surface area contributed by atoms with E-state index in [2.05, 4.69) is 10.3 Å². The zero-order chi connectivity index (χ0) is 14.7. The normalized spacial score (nSPS) is 12.3. The summed E-state index contributed by atoms with van der Waals surface area (Å²) in [5.74, 6) is 0.942. The molecule has 1 N–H and O–H groups in total. The maximum absolute atomic E-state index is 11.2. The number of nitrogens with one attached hydrogen (secondary N) is 1. The van der Waals surface area contributed by atoms with Crippen molar-refractivity contribution in [2.24, 2.45) is 0 Å². The van der Waals surface area contributed by atoms with Crippen LogP contribution in [0.2, 0.25) is 0 Å². The number of hydrogen-bond acceptors (Lipinski definition) is 5. The van der Waals surface area contributed by atoms with Crippen LogP contribution in [0, 0.1) is 17.0 Å². The second-order valence-corrected chi connectivity index (χ2v) is 4.57. The molecule has 0 amide bonds. The lowest BCUT2D eigenvalue weighted by molar-refractivity contribution is -0.384. The molecule has 0 aliphatic heterocycles. The third-order valence-corrected chi connectivity index (χ3v) is 3.09. The van der Waals surface area contributed by atoms with Crippen LogP contribution in [0.25, 0.3) is 11.3 Å². The topological polar surface area (TPSA) is 81.2 Å². The van der Waals surface area contributed by atoms with Crippen molar-refractivity contribution in [3.63, 3.8) is 0 Å². The van der Waals surface area contributed by atoms with Crippen LogP contribution in [-0.4, -0.2) is 16.5 Å². The fourth-order valence-electron chi connectivity index (χ4n) is 2.11. The van der Waals surface area contributed by atoms with Crippen molar-refractivity contribution in [2.45, 2.75) is 26.8 Å². The van der Waals surface area contributed by atoms with Crippen LogP contribution in [0.5, 0.6) is 0 Å². The number of benzene rings is 1. The predicted octanol–water partition coefficient (Wildman–Crippen LogP) is 3.23. The molecular formula is C14H17N3O3. The molecule has 0 radical (unpaired) electrons. The molecule has 2 rings (SSSR count). The highest BCUT2D eigenvalue weighted by Gasteiger charge is 2.22. The highest BCUT2D eigenvalue weighted by atomic mass is 16.6. The minimum Gasteiger partial charge on any atom is -0.439 e. The molecule has 1 aromatic carbocycles. The van der Waals surface area contributed by atoms with E-state index in [4.69, 9.17) is 4.42 Å². The largest absolute Gasteiger partial charge is 0.439 e. The number of nitrogens with zero attached hydrogens (tertiary/aromatic N) is 2. The second-order valence-electron chi connectivity index (χ2n) is 4.57. The van der Waals surface area contributed by atoms with E-state index in [0.29, 0.717) is 22.8 Å². The van der Waals surface area contributed by atoms with Gasteiger partial charge in [-0.05, 0) is 26.5 Å². The highest BCUT2D eigenvalue weighted by Crippen LogP contribution is 2.33. The molecule has 0 saturated heterocycles. The molecule has 0 aliphatic carbocycles. The van der Waals surface area contributed by atoms with Gasteiger partial charge in [-0.3, -0.25) is 10.1 Å². The number of nitro benzene ring substituents is 1. The van der Waals surface area contributed by atoms with E-state index in [9.17, 15) is 10.1 Å². The summed E-state index contributed by atoms with van der Waals surface area (Å²) in [6.07, 6.45) is 1.53. The third-order valence-electron chi connectivity index (χ3n) is 3.09. The van der Waals surface area contributed by atoms with E-state index < -0.39 is 0 Å². The first kappa shape index (κ1) is 14.2. The van der Waals surface area contributed by atoms with Gasteiger partial charge in [-0.1, -0.05) is 19.1 Å². The van der Waals surface area contributed by atoms with Crippen LogP contribution < -0.4 is 5.32 Å². The standard InChI is InChI=1S/C14H17N3O3/c1-4-15-10(3)14-16-8-12(20-14)11-7-5-6-9(2)13(11)17(18)19/h5-8,10,15H,4H2,1-3H3. The molecule has 0 saturated carbocycles. The van der Waals surface area contributed by atoms with E-state index in [1.54, 1.807) is 25.1 Å². The molecule has 1 aromatic heterocycles. The number of hydrogen-bond donors (Lipinski definition) is 1. The molecule has 6 heteroatoms. The summed E-state index contributed by atoms with van der Waals surface area (Å²) in [6, 6.07) is 5.12. The smallest absolute Gasteiger partial charge is 0.283 e. The first-order valence-electron chi connectivity index (χ1n) is 6.48. The van der Waals surface area contributed by atoms with E-state index >= 15 is 0 Å². The molecule has 0 bridgehead atoms. The molecule has 0 aliphatic rings. The van der Waals surface area contributed by atoms with Crippen molar-refractivity contribution in [1.82, 2.24) is 10.3 Å². The first-order valence-corrected chi connectivity index (χ1v) is 6.48. The van der Waals surface area contributed by atoms with Crippen molar-refractivity contribution in [3.05, 3.63) is 46.0 Å². The Balaban J connectivity index is 2.43. The van der Waals surface area contributed by atoms with Crippen LogP contribution in [-0.2, 0) is 0 Å². The number of rotatable bonds is 5. The summed E-state index contributed by atoms with van der Waals surface area (Å²) in [5, 5.41) is 14.4. The summed E-state index contributed by atoms with van der Waals surface area (Å²) < 4.78 is 5.65. The van der Waals surface area contributed by atoms with Gasteiger partial charge in [0.25, 0.3) is 5.69 Å². The summed E-state index contributed by atoms with van der Waals surface area (Å²) in [6.45, 7) is 6.43. The maximum atomic E-state index is 11.2. The van der Waals surface area contributed by atoms with Crippen LogP contribution >= 0.6 is 0 Å². The molecule has 1 heterocycles. The lowest BCUT2D eigenvalue weighted by Crippen LogP contribution is -2.17. The van der Waals surface area contributed by atoms with Gasteiger partial charge in [0.15, 0.2) is 5.76 Å². The number of nitro groups is 1. The Bertz CT molecular complexity index is 622. The van der Waals surface area contributed by atoms with Crippen molar-refractivity contribution >= 4 is 5.69 Å². The fraction of sp³-hybridized carbons (Fsp3) is 0.357. The van der Waals surface area contributed by atoms with Gasteiger partial charge < -0.3 is 9.73 Å². The van der Waals surface area contributed by atoms with Gasteiger partial charge in [0.2, 0.25) is 5.89 Å². The Kier molecular flexibility index (Phi) is 4.14. The van der Waals surface area contributed by atoms with Crippen LogP contribution in [0.15, 0.2) is 28.8 Å². The Labute approximate surface area is 117 Å². The molecule has 106 valence electrons. The van der Waals surface area contributed by atoms with Gasteiger partial charge in [-0.15, -0.1) is 0 Å². The van der Waals surface area contributed by atoms with Crippen LogP contribution in [0.1, 0.15) is 31.3 Å². The SMILES string of the molecule is CCNC(C)c1ncc(-c2cccc(C)c2[N+](=O)[O-])o1. The summed E-state index contributed by atoms with van der Waals surface area (Å²) >= 11 is 0. The second kappa shape index (κ2) is 5.83. The molecule has 20 heavy (non-hydrogen) atoms. The number of oxazole rings is 1. The Morgan fingerprint density at radius 1 is 1.50 bits per heavy atom. The maximum Gasteiger partial charge on any atom is 0.283 e. The van der Waals surface area contributed by atoms with Crippen molar-refractivity contribution < 1.29 is 9.34 Å². The minimum atomic E-state index is -0.388. The molecule has 2 aromatic rings. The number of aromatic nitrogens is 1. The summed E-state index contributed by atoms with van der Waals surface area (Å²) in [7, 11) is 0. The Morgan fingerprint density at radius 3 is 2.90 bits per heavy atom. The summed E-state index contributed by atoms with van der Waals surface area (Å²) in [4.78, 5) is 15.0. The van der Waals surface area contributed by atoms with Gasteiger partial charge in [-0.2, -0.15) is 0 Å². The average molecular weight is 275 g/mol. The molecular weight excluding hydrogens is 258 g/mol. The molecule has 1 unspecified atom stereocenters. The summed E-state index contributed by atoms with van der Waals surface area (Å²) in [5.41, 5.74) is 1.12. The van der Waals surface area contributed by atoms with E-state index in [1.165, 1.54) is 6.20 Å². The van der Waals surface area contributed by atoms with Crippen molar-refractivity contribution in [2.75, 3.05) is 6.54 Å².